The van der Waals surface area contributed by atoms with Crippen molar-refractivity contribution in [1.29, 1.82) is 0 Å². The summed E-state index contributed by atoms with van der Waals surface area (Å²) in [6, 6.07) is 9.59. The molecule has 4 heteroatoms. The average molecular weight is 250 g/mol. The molecule has 1 N–H and O–H groups in total. The van der Waals surface area contributed by atoms with Gasteiger partial charge in [-0.05, 0) is 29.8 Å². The summed E-state index contributed by atoms with van der Waals surface area (Å²) >= 11 is 0. The average Bonchev–Trinajstić information content (AvgIpc) is 2.37. The lowest BCUT2D eigenvalue weighted by atomic mass is 10.0. The van der Waals surface area contributed by atoms with Gasteiger partial charge in [0.1, 0.15) is 23.5 Å². The van der Waals surface area contributed by atoms with Crippen molar-refractivity contribution in [2.24, 2.45) is 0 Å². The predicted molar refractivity (Wildman–Crippen MR) is 63.4 cm³/mol. The molecule has 0 fully saturated rings. The summed E-state index contributed by atoms with van der Waals surface area (Å²) in [4.78, 5) is 0. The molecule has 0 radical (unpaired) electrons. The van der Waals surface area contributed by atoms with E-state index in [4.69, 9.17) is 4.74 Å². The monoisotopic (exact) mass is 250 g/mol. The normalized spacial score (nSPS) is 12.2. The summed E-state index contributed by atoms with van der Waals surface area (Å²) in [5, 5.41) is 10.0. The van der Waals surface area contributed by atoms with Gasteiger partial charge in [0, 0.05) is 11.6 Å². The third-order valence-electron chi connectivity index (χ3n) is 2.67. The molecular weight excluding hydrogens is 238 g/mol. The van der Waals surface area contributed by atoms with Gasteiger partial charge < -0.3 is 9.84 Å². The zero-order valence-corrected chi connectivity index (χ0v) is 9.73. The van der Waals surface area contributed by atoms with E-state index in [2.05, 4.69) is 0 Å². The molecule has 0 aliphatic heterocycles. The number of ether oxygens (including phenoxy) is 1. The lowest BCUT2D eigenvalue weighted by Crippen LogP contribution is -2.03. The first kappa shape index (κ1) is 12.5. The van der Waals surface area contributed by atoms with Gasteiger partial charge in [-0.2, -0.15) is 0 Å². The SMILES string of the molecule is COc1ccc(C(O)c2cccc(F)c2)c(F)c1. The maximum atomic E-state index is 13.7. The summed E-state index contributed by atoms with van der Waals surface area (Å²) < 4.78 is 31.7. The van der Waals surface area contributed by atoms with Crippen molar-refractivity contribution in [1.82, 2.24) is 0 Å². The molecule has 1 unspecified atom stereocenters. The Balaban J connectivity index is 2.37. The number of hydrogen-bond acceptors (Lipinski definition) is 2. The third-order valence-corrected chi connectivity index (χ3v) is 2.67. The minimum atomic E-state index is -1.20. The van der Waals surface area contributed by atoms with Crippen LogP contribution in [0.1, 0.15) is 17.2 Å². The van der Waals surface area contributed by atoms with Crippen molar-refractivity contribution in [2.75, 3.05) is 7.11 Å². The molecule has 0 aromatic heterocycles. The number of aliphatic hydroxyl groups is 1. The van der Waals surface area contributed by atoms with Gasteiger partial charge in [0.25, 0.3) is 0 Å². The van der Waals surface area contributed by atoms with Gasteiger partial charge >= 0.3 is 0 Å². The molecule has 2 nitrogen and oxygen atoms in total. The van der Waals surface area contributed by atoms with Gasteiger partial charge in [0.15, 0.2) is 0 Å². The smallest absolute Gasteiger partial charge is 0.133 e. The second-order valence-electron chi connectivity index (χ2n) is 3.84. The number of rotatable bonds is 3. The highest BCUT2D eigenvalue weighted by atomic mass is 19.1. The van der Waals surface area contributed by atoms with E-state index in [0.29, 0.717) is 11.3 Å². The van der Waals surface area contributed by atoms with E-state index in [9.17, 15) is 13.9 Å². The van der Waals surface area contributed by atoms with Gasteiger partial charge in [0.05, 0.1) is 7.11 Å². The van der Waals surface area contributed by atoms with Crippen LogP contribution in [0.25, 0.3) is 0 Å². The maximum absolute atomic E-state index is 13.7. The van der Waals surface area contributed by atoms with Crippen LogP contribution in [-0.2, 0) is 0 Å². The molecule has 0 bridgehead atoms. The first-order valence-corrected chi connectivity index (χ1v) is 5.39. The molecule has 2 aromatic carbocycles. The lowest BCUT2D eigenvalue weighted by Gasteiger charge is -2.13. The Hall–Kier alpha value is -1.94. The number of halogens is 2. The number of aliphatic hydroxyl groups excluding tert-OH is 1. The zero-order valence-electron chi connectivity index (χ0n) is 9.73. The largest absolute Gasteiger partial charge is 0.497 e. The molecule has 0 saturated heterocycles. The first-order chi connectivity index (χ1) is 8.61. The number of methoxy groups -OCH3 is 1. The molecule has 0 spiro atoms. The Morgan fingerprint density at radius 1 is 1.11 bits per heavy atom. The van der Waals surface area contributed by atoms with Crippen LogP contribution in [0.2, 0.25) is 0 Å². The van der Waals surface area contributed by atoms with E-state index >= 15 is 0 Å². The molecule has 0 aliphatic rings. The van der Waals surface area contributed by atoms with Gasteiger partial charge in [-0.25, -0.2) is 8.78 Å². The molecule has 0 aliphatic carbocycles. The molecule has 0 saturated carbocycles. The molecular formula is C14H12F2O2. The van der Waals surface area contributed by atoms with Crippen molar-refractivity contribution in [3.05, 3.63) is 65.2 Å². The highest BCUT2D eigenvalue weighted by molar-refractivity contribution is 5.35. The molecule has 94 valence electrons. The van der Waals surface area contributed by atoms with Crippen LogP contribution in [0.5, 0.6) is 5.75 Å². The fourth-order valence-electron chi connectivity index (χ4n) is 1.71. The summed E-state index contributed by atoms with van der Waals surface area (Å²) in [6.07, 6.45) is -1.20. The summed E-state index contributed by atoms with van der Waals surface area (Å²) in [5.41, 5.74) is 0.389. The van der Waals surface area contributed by atoms with E-state index in [1.807, 2.05) is 0 Å². The Morgan fingerprint density at radius 3 is 2.50 bits per heavy atom. The minimum absolute atomic E-state index is 0.0846. The van der Waals surface area contributed by atoms with Crippen molar-refractivity contribution >= 4 is 0 Å². The van der Waals surface area contributed by atoms with E-state index in [1.54, 1.807) is 6.07 Å². The number of benzene rings is 2. The highest BCUT2D eigenvalue weighted by Crippen LogP contribution is 2.27. The zero-order chi connectivity index (χ0) is 13.1. The Kier molecular flexibility index (Phi) is 3.58. The predicted octanol–water partition coefficient (Wildman–Crippen LogP) is 3.06. The van der Waals surface area contributed by atoms with Crippen LogP contribution < -0.4 is 4.74 Å². The standard InChI is InChI=1S/C14H12F2O2/c1-18-11-5-6-12(13(16)8-11)14(17)9-3-2-4-10(15)7-9/h2-8,14,17H,1H3. The van der Waals surface area contributed by atoms with Crippen molar-refractivity contribution in [3.8, 4) is 5.75 Å². The van der Waals surface area contributed by atoms with Crippen LogP contribution in [0.4, 0.5) is 8.78 Å². The van der Waals surface area contributed by atoms with Crippen LogP contribution in [0, 0.1) is 11.6 Å². The van der Waals surface area contributed by atoms with Crippen molar-refractivity contribution < 1.29 is 18.6 Å². The van der Waals surface area contributed by atoms with E-state index in [0.717, 1.165) is 0 Å². The first-order valence-electron chi connectivity index (χ1n) is 5.39. The minimum Gasteiger partial charge on any atom is -0.497 e. The third kappa shape index (κ3) is 2.49. The Labute approximate surface area is 103 Å². The fourth-order valence-corrected chi connectivity index (χ4v) is 1.71. The molecule has 2 aromatic rings. The fraction of sp³-hybridized carbons (Fsp3) is 0.143. The van der Waals surface area contributed by atoms with Crippen LogP contribution in [0.15, 0.2) is 42.5 Å². The van der Waals surface area contributed by atoms with Crippen LogP contribution in [0.3, 0.4) is 0 Å². The molecule has 1 atom stereocenters. The van der Waals surface area contributed by atoms with Crippen LogP contribution in [-0.4, -0.2) is 12.2 Å². The van der Waals surface area contributed by atoms with Gasteiger partial charge in [-0.3, -0.25) is 0 Å². The summed E-state index contributed by atoms with van der Waals surface area (Å²) in [6.45, 7) is 0. The molecule has 0 amide bonds. The van der Waals surface area contributed by atoms with Crippen molar-refractivity contribution in [2.45, 2.75) is 6.10 Å². The molecule has 2 rings (SSSR count). The maximum Gasteiger partial charge on any atom is 0.133 e. The van der Waals surface area contributed by atoms with E-state index in [-0.39, 0.29) is 5.56 Å². The number of hydrogen-bond donors (Lipinski definition) is 1. The quantitative estimate of drug-likeness (QED) is 0.907. The van der Waals surface area contributed by atoms with E-state index < -0.39 is 17.7 Å². The van der Waals surface area contributed by atoms with Gasteiger partial charge in [-0.1, -0.05) is 12.1 Å². The van der Waals surface area contributed by atoms with Crippen molar-refractivity contribution in [3.63, 3.8) is 0 Å². The van der Waals surface area contributed by atoms with Gasteiger partial charge in [-0.15, -0.1) is 0 Å². The molecule has 18 heavy (non-hydrogen) atoms. The highest BCUT2D eigenvalue weighted by Gasteiger charge is 2.16. The van der Waals surface area contributed by atoms with E-state index in [1.165, 1.54) is 43.5 Å². The van der Waals surface area contributed by atoms with Crippen LogP contribution >= 0.6 is 0 Å². The summed E-state index contributed by atoms with van der Waals surface area (Å²) in [5.74, 6) is -0.700. The lowest BCUT2D eigenvalue weighted by molar-refractivity contribution is 0.214. The second kappa shape index (κ2) is 5.14. The second-order valence-corrected chi connectivity index (χ2v) is 3.84. The topological polar surface area (TPSA) is 29.5 Å². The Bertz CT molecular complexity index is 555. The Morgan fingerprint density at radius 2 is 1.89 bits per heavy atom. The van der Waals surface area contributed by atoms with Gasteiger partial charge in [0.2, 0.25) is 0 Å². The summed E-state index contributed by atoms with van der Waals surface area (Å²) in [7, 11) is 1.43. The molecule has 0 heterocycles.